The predicted molar refractivity (Wildman–Crippen MR) is 87.8 cm³/mol. The minimum Gasteiger partial charge on any atom is -0.282 e. The highest BCUT2D eigenvalue weighted by atomic mass is 32.2. The fourth-order valence-corrected chi connectivity index (χ4v) is 4.23. The third-order valence-electron chi connectivity index (χ3n) is 4.10. The molecule has 0 amide bonds. The van der Waals surface area contributed by atoms with Crippen molar-refractivity contribution < 1.29 is 8.42 Å². The summed E-state index contributed by atoms with van der Waals surface area (Å²) in [4.78, 5) is 4.36. The van der Waals surface area contributed by atoms with Crippen LogP contribution in [-0.4, -0.2) is 52.8 Å². The van der Waals surface area contributed by atoms with Gasteiger partial charge in [-0.3, -0.25) is 10.1 Å². The third-order valence-corrected chi connectivity index (χ3v) is 6.05. The summed E-state index contributed by atoms with van der Waals surface area (Å²) in [6, 6.07) is 5.60. The lowest BCUT2D eigenvalue weighted by Gasteiger charge is -2.27. The Labute approximate surface area is 136 Å². The molecule has 1 aliphatic rings. The molecule has 1 N–H and O–H groups in total. The lowest BCUT2D eigenvalue weighted by atomic mass is 10.1. The molecule has 1 aliphatic heterocycles. The number of hydrogen-bond acceptors (Lipinski definition) is 4. The summed E-state index contributed by atoms with van der Waals surface area (Å²) in [5.74, 6) is 0. The van der Waals surface area contributed by atoms with Gasteiger partial charge in [0.15, 0.2) is 0 Å². The molecule has 23 heavy (non-hydrogen) atoms. The second kappa shape index (κ2) is 6.03. The van der Waals surface area contributed by atoms with Crippen LogP contribution < -0.4 is 0 Å². The summed E-state index contributed by atoms with van der Waals surface area (Å²) in [5.41, 5.74) is 3.44. The van der Waals surface area contributed by atoms with Crippen molar-refractivity contribution in [2.24, 2.45) is 0 Å². The quantitative estimate of drug-likeness (QED) is 0.922. The molecule has 3 rings (SSSR count). The zero-order valence-electron chi connectivity index (χ0n) is 13.5. The first-order valence-corrected chi connectivity index (χ1v) is 8.97. The van der Waals surface area contributed by atoms with E-state index in [-0.39, 0.29) is 6.04 Å². The predicted octanol–water partition coefficient (Wildman–Crippen LogP) is 1.72. The monoisotopic (exact) mass is 335 g/mol. The average molecular weight is 335 g/mol. The van der Waals surface area contributed by atoms with Crippen molar-refractivity contribution in [3.8, 4) is 11.4 Å². The minimum atomic E-state index is -3.42. The van der Waals surface area contributed by atoms with Gasteiger partial charge < -0.3 is 0 Å². The Balaban J connectivity index is 1.95. The molecular weight excluding hydrogens is 314 g/mol. The highest BCUT2D eigenvalue weighted by Gasteiger charge is 2.36. The zero-order valence-corrected chi connectivity index (χ0v) is 14.3. The molecule has 1 saturated heterocycles. The first-order valence-electron chi connectivity index (χ1n) is 7.57. The zero-order chi connectivity index (χ0) is 16.6. The molecule has 0 spiro atoms. The fourth-order valence-electron chi connectivity index (χ4n) is 2.90. The van der Waals surface area contributed by atoms with Gasteiger partial charge in [0.1, 0.15) is 5.69 Å². The number of rotatable bonds is 4. The lowest BCUT2D eigenvalue weighted by Crippen LogP contribution is -2.39. The van der Waals surface area contributed by atoms with Gasteiger partial charge in [0.2, 0.25) is 0 Å². The van der Waals surface area contributed by atoms with Gasteiger partial charge in [0.05, 0.1) is 11.7 Å². The summed E-state index contributed by atoms with van der Waals surface area (Å²) in [6.07, 6.45) is 3.39. The van der Waals surface area contributed by atoms with E-state index in [9.17, 15) is 8.42 Å². The van der Waals surface area contributed by atoms with Crippen LogP contribution >= 0.6 is 0 Å². The number of aryl methyl sites for hydroxylation is 1. The molecular formula is C15H21N5O2S. The molecule has 0 aromatic carbocycles. The first-order chi connectivity index (χ1) is 10.9. The van der Waals surface area contributed by atoms with E-state index in [1.54, 1.807) is 24.6 Å². The van der Waals surface area contributed by atoms with Crippen LogP contribution in [0.15, 0.2) is 24.4 Å². The van der Waals surface area contributed by atoms with Crippen LogP contribution in [0.5, 0.6) is 0 Å². The van der Waals surface area contributed by atoms with E-state index in [2.05, 4.69) is 15.2 Å². The number of nitrogens with zero attached hydrogens (tertiary/aromatic N) is 4. The SMILES string of the molecule is Cc1cc(-c2cc([C@@H]3CCCN3S(=O)(=O)N(C)C)ccn2)n[nH]1. The molecule has 0 radical (unpaired) electrons. The number of aromatic nitrogens is 3. The maximum Gasteiger partial charge on any atom is 0.282 e. The Bertz CT molecular complexity index is 800. The molecule has 2 aromatic heterocycles. The molecule has 0 unspecified atom stereocenters. The summed E-state index contributed by atoms with van der Waals surface area (Å²) in [7, 11) is -0.293. The maximum atomic E-state index is 12.5. The van der Waals surface area contributed by atoms with E-state index < -0.39 is 10.2 Å². The van der Waals surface area contributed by atoms with Gasteiger partial charge in [-0.05, 0) is 43.5 Å². The van der Waals surface area contributed by atoms with Crippen LogP contribution in [0.2, 0.25) is 0 Å². The van der Waals surface area contributed by atoms with E-state index in [4.69, 9.17) is 0 Å². The summed E-state index contributed by atoms with van der Waals surface area (Å²) in [5, 5.41) is 7.12. The fraction of sp³-hybridized carbons (Fsp3) is 0.467. The molecule has 0 bridgehead atoms. The topological polar surface area (TPSA) is 82.2 Å². The summed E-state index contributed by atoms with van der Waals surface area (Å²) < 4.78 is 27.8. The van der Waals surface area contributed by atoms with E-state index in [0.717, 1.165) is 35.5 Å². The van der Waals surface area contributed by atoms with Gasteiger partial charge in [-0.25, -0.2) is 0 Å². The Morgan fingerprint density at radius 1 is 1.30 bits per heavy atom. The summed E-state index contributed by atoms with van der Waals surface area (Å²) in [6.45, 7) is 2.48. The van der Waals surface area contributed by atoms with E-state index in [1.807, 2.05) is 25.1 Å². The Morgan fingerprint density at radius 2 is 2.09 bits per heavy atom. The molecule has 3 heterocycles. The molecule has 1 atom stereocenters. The van der Waals surface area contributed by atoms with Crippen molar-refractivity contribution in [1.29, 1.82) is 0 Å². The van der Waals surface area contributed by atoms with Gasteiger partial charge in [-0.1, -0.05) is 0 Å². The third kappa shape index (κ3) is 3.01. The second-order valence-corrected chi connectivity index (χ2v) is 8.06. The van der Waals surface area contributed by atoms with Gasteiger partial charge in [-0.15, -0.1) is 0 Å². The van der Waals surface area contributed by atoms with Gasteiger partial charge >= 0.3 is 0 Å². The van der Waals surface area contributed by atoms with Crippen molar-refractivity contribution in [3.05, 3.63) is 35.7 Å². The van der Waals surface area contributed by atoms with Crippen molar-refractivity contribution >= 4 is 10.2 Å². The molecule has 7 nitrogen and oxygen atoms in total. The number of nitrogens with one attached hydrogen (secondary N) is 1. The highest BCUT2D eigenvalue weighted by molar-refractivity contribution is 7.86. The average Bonchev–Trinajstić information content (AvgIpc) is 3.16. The highest BCUT2D eigenvalue weighted by Crippen LogP contribution is 2.35. The Morgan fingerprint density at radius 3 is 2.74 bits per heavy atom. The summed E-state index contributed by atoms with van der Waals surface area (Å²) >= 11 is 0. The van der Waals surface area contributed by atoms with Crippen molar-refractivity contribution in [1.82, 2.24) is 23.8 Å². The van der Waals surface area contributed by atoms with Gasteiger partial charge in [0.25, 0.3) is 10.2 Å². The number of pyridine rings is 1. The smallest absolute Gasteiger partial charge is 0.282 e. The number of aromatic amines is 1. The lowest BCUT2D eigenvalue weighted by molar-refractivity contribution is 0.362. The van der Waals surface area contributed by atoms with Gasteiger partial charge in [0, 0.05) is 32.5 Å². The minimum absolute atomic E-state index is 0.149. The van der Waals surface area contributed by atoms with Crippen LogP contribution in [0.3, 0.4) is 0 Å². The number of H-pyrrole nitrogens is 1. The normalized spacial score (nSPS) is 19.6. The van der Waals surface area contributed by atoms with E-state index >= 15 is 0 Å². The largest absolute Gasteiger partial charge is 0.282 e. The molecule has 8 heteroatoms. The van der Waals surface area contributed by atoms with Gasteiger partial charge in [-0.2, -0.15) is 22.1 Å². The van der Waals surface area contributed by atoms with Crippen LogP contribution in [-0.2, 0) is 10.2 Å². The molecule has 1 fully saturated rings. The Hall–Kier alpha value is -1.77. The second-order valence-electron chi connectivity index (χ2n) is 5.97. The Kier molecular flexibility index (Phi) is 4.22. The van der Waals surface area contributed by atoms with Crippen molar-refractivity contribution in [3.63, 3.8) is 0 Å². The molecule has 0 saturated carbocycles. The van der Waals surface area contributed by atoms with Crippen LogP contribution in [0.1, 0.15) is 30.1 Å². The van der Waals surface area contributed by atoms with Crippen molar-refractivity contribution in [2.75, 3.05) is 20.6 Å². The van der Waals surface area contributed by atoms with E-state index in [1.165, 1.54) is 4.31 Å². The first kappa shape index (κ1) is 16.1. The van der Waals surface area contributed by atoms with Crippen molar-refractivity contribution in [2.45, 2.75) is 25.8 Å². The number of hydrogen-bond donors (Lipinski definition) is 1. The molecule has 124 valence electrons. The van der Waals surface area contributed by atoms with E-state index in [0.29, 0.717) is 6.54 Å². The van der Waals surface area contributed by atoms with Crippen LogP contribution in [0.4, 0.5) is 0 Å². The standard InChI is InChI=1S/C15H21N5O2S/c1-11-9-14(18-17-11)13-10-12(6-7-16-13)15-5-4-8-20(15)23(21,22)19(2)3/h6-7,9-10,15H,4-5,8H2,1-3H3,(H,17,18)/t15-/m0/s1. The maximum absolute atomic E-state index is 12.5. The molecule has 2 aromatic rings. The molecule has 0 aliphatic carbocycles. The van der Waals surface area contributed by atoms with Crippen LogP contribution in [0, 0.1) is 6.92 Å². The van der Waals surface area contributed by atoms with Crippen LogP contribution in [0.25, 0.3) is 11.4 Å².